The fourth-order valence-electron chi connectivity index (χ4n) is 1.31. The van der Waals surface area contributed by atoms with Crippen molar-refractivity contribution in [1.82, 2.24) is 0 Å². The van der Waals surface area contributed by atoms with E-state index in [-0.39, 0.29) is 11.6 Å². The highest BCUT2D eigenvalue weighted by molar-refractivity contribution is 14.1. The van der Waals surface area contributed by atoms with Crippen LogP contribution >= 0.6 is 50.1 Å². The summed E-state index contributed by atoms with van der Waals surface area (Å²) in [6.07, 6.45) is 0. The average Bonchev–Trinajstić information content (AvgIpc) is 2.30. The van der Waals surface area contributed by atoms with Gasteiger partial charge >= 0.3 is 0 Å². The summed E-state index contributed by atoms with van der Waals surface area (Å²) in [6.45, 7) is 0. The predicted molar refractivity (Wildman–Crippen MR) is 82.8 cm³/mol. The fraction of sp³-hybridized carbons (Fsp3) is 0. The summed E-state index contributed by atoms with van der Waals surface area (Å²) in [4.78, 5) is 0. The normalized spacial score (nSPS) is 10.4. The minimum Gasteiger partial charge on any atom is -0.453 e. The lowest BCUT2D eigenvalue weighted by Crippen LogP contribution is -1.95. The Morgan fingerprint density at radius 1 is 1.22 bits per heavy atom. The highest BCUT2D eigenvalue weighted by Gasteiger charge is 2.10. The van der Waals surface area contributed by atoms with Crippen molar-refractivity contribution in [2.45, 2.75) is 0 Å². The first-order valence-electron chi connectivity index (χ1n) is 4.85. The number of ether oxygens (including phenoxy) is 1. The first kappa shape index (κ1) is 13.9. The monoisotopic (exact) mass is 441 g/mol. The lowest BCUT2D eigenvalue weighted by molar-refractivity contribution is 0.478. The van der Waals surface area contributed by atoms with Gasteiger partial charge in [0.05, 0.1) is 14.3 Å². The molecule has 0 radical (unpaired) electrons. The molecule has 0 heterocycles. The van der Waals surface area contributed by atoms with Crippen LogP contribution in [-0.4, -0.2) is 0 Å². The van der Waals surface area contributed by atoms with Crippen LogP contribution in [0, 0.1) is 9.39 Å². The van der Waals surface area contributed by atoms with E-state index in [1.54, 1.807) is 18.2 Å². The predicted octanol–water partition coefficient (Wildman–Crippen LogP) is 5.22. The first-order valence-corrected chi connectivity index (χ1v) is 7.10. The van der Waals surface area contributed by atoms with Crippen LogP contribution in [0.25, 0.3) is 0 Å². The molecule has 2 aromatic carbocycles. The summed E-state index contributed by atoms with van der Waals surface area (Å²) in [5.41, 5.74) is 6.13. The van der Waals surface area contributed by atoms with Gasteiger partial charge in [0.25, 0.3) is 0 Å². The van der Waals surface area contributed by atoms with Crippen LogP contribution in [-0.2, 0) is 0 Å². The van der Waals surface area contributed by atoms with E-state index in [4.69, 9.17) is 22.1 Å². The first-order chi connectivity index (χ1) is 8.47. The third-order valence-electron chi connectivity index (χ3n) is 2.17. The van der Waals surface area contributed by atoms with Gasteiger partial charge in [-0.05, 0) is 46.9 Å². The number of nitrogen functional groups attached to an aromatic ring is 1. The second-order valence-electron chi connectivity index (χ2n) is 3.48. The van der Waals surface area contributed by atoms with Crippen molar-refractivity contribution in [3.63, 3.8) is 0 Å². The molecule has 0 bridgehead atoms. The summed E-state index contributed by atoms with van der Waals surface area (Å²) in [5.74, 6) is 0.275. The zero-order valence-corrected chi connectivity index (χ0v) is 13.4. The van der Waals surface area contributed by atoms with Crippen LogP contribution in [0.1, 0.15) is 0 Å². The molecule has 18 heavy (non-hydrogen) atoms. The van der Waals surface area contributed by atoms with Gasteiger partial charge < -0.3 is 10.5 Å². The maximum atomic E-state index is 13.5. The number of rotatable bonds is 2. The number of halogens is 4. The minimum atomic E-state index is -0.383. The van der Waals surface area contributed by atoms with Crippen molar-refractivity contribution in [3.8, 4) is 11.5 Å². The van der Waals surface area contributed by atoms with Gasteiger partial charge in [-0.1, -0.05) is 27.5 Å². The maximum Gasteiger partial charge on any atom is 0.153 e. The second-order valence-corrected chi connectivity index (χ2v) is 5.97. The van der Waals surface area contributed by atoms with Gasteiger partial charge in [0.2, 0.25) is 0 Å². The molecular formula is C12H7BrClFINO. The Balaban J connectivity index is 2.40. The molecule has 6 heteroatoms. The molecule has 0 aliphatic heterocycles. The quantitative estimate of drug-likeness (QED) is 0.511. The van der Waals surface area contributed by atoms with Crippen molar-refractivity contribution in [2.75, 3.05) is 5.73 Å². The van der Waals surface area contributed by atoms with Crippen LogP contribution in [0.2, 0.25) is 5.02 Å². The molecule has 0 spiro atoms. The molecular weight excluding hydrogens is 435 g/mol. The molecule has 2 rings (SSSR count). The van der Waals surface area contributed by atoms with E-state index >= 15 is 0 Å². The molecule has 0 atom stereocenters. The van der Waals surface area contributed by atoms with Crippen molar-refractivity contribution in [2.24, 2.45) is 0 Å². The van der Waals surface area contributed by atoms with E-state index in [2.05, 4.69) is 15.9 Å². The molecule has 2 aromatic rings. The lowest BCUT2D eigenvalue weighted by Gasteiger charge is -2.11. The van der Waals surface area contributed by atoms with E-state index in [0.717, 1.165) is 4.47 Å². The van der Waals surface area contributed by atoms with Crippen molar-refractivity contribution in [1.29, 1.82) is 0 Å². The number of benzene rings is 2. The van der Waals surface area contributed by atoms with Crippen molar-refractivity contribution >= 4 is 55.8 Å². The third kappa shape index (κ3) is 3.07. The number of hydrogen-bond donors (Lipinski definition) is 1. The Morgan fingerprint density at radius 3 is 2.67 bits per heavy atom. The summed E-state index contributed by atoms with van der Waals surface area (Å²) in [7, 11) is 0. The summed E-state index contributed by atoms with van der Waals surface area (Å²) in [5, 5.41) is 0.427. The second kappa shape index (κ2) is 5.63. The van der Waals surface area contributed by atoms with Gasteiger partial charge in [0.1, 0.15) is 11.6 Å². The average molecular weight is 442 g/mol. The molecule has 0 aliphatic carbocycles. The van der Waals surface area contributed by atoms with Crippen molar-refractivity contribution < 1.29 is 9.13 Å². The van der Waals surface area contributed by atoms with Crippen molar-refractivity contribution in [3.05, 3.63) is 49.2 Å². The molecule has 0 fully saturated rings. The summed E-state index contributed by atoms with van der Waals surface area (Å²) >= 11 is 11.2. The summed E-state index contributed by atoms with van der Waals surface area (Å²) < 4.78 is 20.2. The molecule has 2 nitrogen and oxygen atoms in total. The van der Waals surface area contributed by atoms with Gasteiger partial charge in [-0.25, -0.2) is 4.39 Å². The molecule has 0 aromatic heterocycles. The number of nitrogens with two attached hydrogens (primary N) is 1. The highest BCUT2D eigenvalue weighted by atomic mass is 127. The Labute approximate surface area is 131 Å². The van der Waals surface area contributed by atoms with Crippen LogP contribution in [0.5, 0.6) is 11.5 Å². The molecule has 94 valence electrons. The topological polar surface area (TPSA) is 35.2 Å². The van der Waals surface area contributed by atoms with Gasteiger partial charge in [0.15, 0.2) is 5.75 Å². The van der Waals surface area contributed by atoms with Crippen LogP contribution < -0.4 is 10.5 Å². The molecule has 0 amide bonds. The highest BCUT2D eigenvalue weighted by Crippen LogP contribution is 2.35. The molecule has 0 saturated heterocycles. The third-order valence-corrected chi connectivity index (χ3v) is 3.80. The van der Waals surface area contributed by atoms with Crippen LogP contribution in [0.15, 0.2) is 34.8 Å². The fourth-order valence-corrected chi connectivity index (χ4v) is 2.29. The lowest BCUT2D eigenvalue weighted by atomic mass is 10.3. The Kier molecular flexibility index (Phi) is 4.34. The standard InChI is InChI=1S/C12H7BrClFINO/c13-6-1-2-7(14)11(3-6)18-12-4-8(15)9(16)5-10(12)17/h1-5H,17H2. The van der Waals surface area contributed by atoms with Gasteiger partial charge in [-0.2, -0.15) is 0 Å². The molecule has 0 unspecified atom stereocenters. The SMILES string of the molecule is Nc1cc(I)c(F)cc1Oc1cc(Br)ccc1Cl. The molecule has 0 aliphatic rings. The smallest absolute Gasteiger partial charge is 0.153 e. The number of hydrogen-bond acceptors (Lipinski definition) is 2. The number of anilines is 1. The molecule has 2 N–H and O–H groups in total. The largest absolute Gasteiger partial charge is 0.453 e. The maximum absolute atomic E-state index is 13.5. The van der Waals surface area contributed by atoms with Gasteiger partial charge in [-0.15, -0.1) is 0 Å². The zero-order valence-electron chi connectivity index (χ0n) is 8.88. The van der Waals surface area contributed by atoms with Gasteiger partial charge in [0, 0.05) is 10.5 Å². The van der Waals surface area contributed by atoms with E-state index in [0.29, 0.717) is 20.0 Å². The van der Waals surface area contributed by atoms with Gasteiger partial charge in [-0.3, -0.25) is 0 Å². The Bertz CT molecular complexity index is 609. The molecule has 0 saturated carbocycles. The summed E-state index contributed by atoms with van der Waals surface area (Å²) in [6, 6.07) is 7.91. The Morgan fingerprint density at radius 2 is 1.94 bits per heavy atom. The Hall–Kier alpha value is -0.530. The van der Waals surface area contributed by atoms with E-state index in [1.807, 2.05) is 22.6 Å². The van der Waals surface area contributed by atoms with Crippen LogP contribution in [0.4, 0.5) is 10.1 Å². The van der Waals surface area contributed by atoms with E-state index in [1.165, 1.54) is 12.1 Å². The van der Waals surface area contributed by atoms with E-state index < -0.39 is 0 Å². The minimum absolute atomic E-state index is 0.243. The van der Waals surface area contributed by atoms with Crippen LogP contribution in [0.3, 0.4) is 0 Å². The zero-order chi connectivity index (χ0) is 13.3. The van der Waals surface area contributed by atoms with E-state index in [9.17, 15) is 4.39 Å².